The highest BCUT2D eigenvalue weighted by molar-refractivity contribution is 5.97. The number of rotatable bonds is 5. The van der Waals surface area contributed by atoms with Crippen molar-refractivity contribution in [2.45, 2.75) is 31.7 Å². The Labute approximate surface area is 247 Å². The molecule has 1 aliphatic rings. The molecule has 1 atom stereocenters. The first-order valence-corrected chi connectivity index (χ1v) is 13.5. The first-order chi connectivity index (χ1) is 20.7. The molecule has 0 saturated carbocycles. The number of aromatic nitrogens is 1. The van der Waals surface area contributed by atoms with Crippen molar-refractivity contribution >= 4 is 34.3 Å². The zero-order chi connectivity index (χ0) is 31.8. The number of aromatic amines is 1. The van der Waals surface area contributed by atoms with Gasteiger partial charge in [0.05, 0.1) is 17.2 Å². The van der Waals surface area contributed by atoms with Crippen molar-refractivity contribution in [3.63, 3.8) is 0 Å². The third-order valence-electron chi connectivity index (χ3n) is 7.45. The minimum absolute atomic E-state index is 0.00645. The zero-order valence-electron chi connectivity index (χ0n) is 23.2. The molecule has 3 aromatic carbocycles. The SMILES string of the molecule is CC(=O)Nc1ccc(C(=O)N2CCN(C(=O)c3cc(C(F)(F)F)cc(C(F)(F)F)c3)[C@H](Cc3c[nH]c4ccccc34)C2)cc1. The number of halogens is 6. The number of para-hydroxylation sites is 1. The molecule has 1 aliphatic heterocycles. The number of carbonyl (C=O) groups is 3. The van der Waals surface area contributed by atoms with Gasteiger partial charge in [0.25, 0.3) is 11.8 Å². The van der Waals surface area contributed by atoms with Crippen LogP contribution >= 0.6 is 0 Å². The van der Waals surface area contributed by atoms with E-state index in [9.17, 15) is 40.7 Å². The molecule has 13 heteroatoms. The largest absolute Gasteiger partial charge is 0.416 e. The molecule has 0 bridgehead atoms. The van der Waals surface area contributed by atoms with Crippen LogP contribution in [0.15, 0.2) is 72.9 Å². The van der Waals surface area contributed by atoms with Crippen molar-refractivity contribution < 1.29 is 40.7 Å². The number of nitrogens with zero attached hydrogens (tertiary/aromatic N) is 2. The Balaban J connectivity index is 1.48. The minimum Gasteiger partial charge on any atom is -0.361 e. The Morgan fingerprint density at radius 2 is 1.48 bits per heavy atom. The van der Waals surface area contributed by atoms with E-state index in [1.807, 2.05) is 24.3 Å². The molecule has 44 heavy (non-hydrogen) atoms. The van der Waals surface area contributed by atoms with Crippen molar-refractivity contribution in [3.05, 3.63) is 101 Å². The highest BCUT2D eigenvalue weighted by atomic mass is 19.4. The number of benzene rings is 3. The second kappa shape index (κ2) is 11.7. The van der Waals surface area contributed by atoms with Gasteiger partial charge in [-0.15, -0.1) is 0 Å². The molecule has 1 saturated heterocycles. The molecule has 3 amide bonds. The summed E-state index contributed by atoms with van der Waals surface area (Å²) in [6.07, 6.45) is -8.33. The molecule has 230 valence electrons. The van der Waals surface area contributed by atoms with Crippen molar-refractivity contribution in [1.82, 2.24) is 14.8 Å². The van der Waals surface area contributed by atoms with Gasteiger partial charge in [0.15, 0.2) is 0 Å². The van der Waals surface area contributed by atoms with Crippen LogP contribution in [0.1, 0.15) is 44.3 Å². The lowest BCUT2D eigenvalue weighted by atomic mass is 9.98. The summed E-state index contributed by atoms with van der Waals surface area (Å²) in [6.45, 7) is 1.19. The van der Waals surface area contributed by atoms with Gasteiger partial charge in [0.1, 0.15) is 0 Å². The Morgan fingerprint density at radius 3 is 2.09 bits per heavy atom. The third kappa shape index (κ3) is 6.56. The lowest BCUT2D eigenvalue weighted by Gasteiger charge is -2.42. The van der Waals surface area contributed by atoms with Crippen LogP contribution in [0.5, 0.6) is 0 Å². The number of alkyl halides is 6. The quantitative estimate of drug-likeness (QED) is 0.256. The maximum absolute atomic E-state index is 13.7. The van der Waals surface area contributed by atoms with E-state index >= 15 is 0 Å². The third-order valence-corrected chi connectivity index (χ3v) is 7.45. The summed E-state index contributed by atoms with van der Waals surface area (Å²) in [5.74, 6) is -1.67. The number of fused-ring (bicyclic) bond motifs is 1. The van der Waals surface area contributed by atoms with Gasteiger partial charge in [-0.25, -0.2) is 0 Å². The molecular formula is C31H26F6N4O3. The number of piperazine rings is 1. The lowest BCUT2D eigenvalue weighted by molar-refractivity contribution is -0.143. The summed E-state index contributed by atoms with van der Waals surface area (Å²) in [5, 5.41) is 3.43. The fourth-order valence-electron chi connectivity index (χ4n) is 5.36. The Bertz CT molecular complexity index is 1680. The van der Waals surface area contributed by atoms with Gasteiger partial charge in [-0.05, 0) is 60.5 Å². The minimum atomic E-state index is -5.11. The molecule has 4 aromatic rings. The molecule has 7 nitrogen and oxygen atoms in total. The van der Waals surface area contributed by atoms with E-state index in [0.717, 1.165) is 16.5 Å². The van der Waals surface area contributed by atoms with Gasteiger partial charge in [0, 0.05) is 60.5 Å². The van der Waals surface area contributed by atoms with Crippen molar-refractivity contribution in [1.29, 1.82) is 0 Å². The topological polar surface area (TPSA) is 85.5 Å². The normalized spacial score (nSPS) is 15.8. The van der Waals surface area contributed by atoms with Gasteiger partial charge < -0.3 is 20.1 Å². The van der Waals surface area contributed by atoms with Crippen LogP contribution in [0.3, 0.4) is 0 Å². The highest BCUT2D eigenvalue weighted by Crippen LogP contribution is 2.37. The Hall–Kier alpha value is -4.81. The second-order valence-corrected chi connectivity index (χ2v) is 10.5. The van der Waals surface area contributed by atoms with E-state index in [0.29, 0.717) is 23.4 Å². The van der Waals surface area contributed by atoms with Gasteiger partial charge in [-0.3, -0.25) is 14.4 Å². The molecule has 0 unspecified atom stereocenters. The van der Waals surface area contributed by atoms with Crippen LogP contribution in [0.2, 0.25) is 0 Å². The predicted molar refractivity (Wildman–Crippen MR) is 150 cm³/mol. The van der Waals surface area contributed by atoms with Crippen molar-refractivity contribution in [3.8, 4) is 0 Å². The number of carbonyl (C=O) groups excluding carboxylic acids is 3. The van der Waals surface area contributed by atoms with E-state index in [2.05, 4.69) is 10.3 Å². The fraction of sp³-hybridized carbons (Fsp3) is 0.258. The summed E-state index contributed by atoms with van der Waals surface area (Å²) >= 11 is 0. The smallest absolute Gasteiger partial charge is 0.361 e. The molecular weight excluding hydrogens is 590 g/mol. The van der Waals surface area contributed by atoms with Crippen LogP contribution in [-0.4, -0.2) is 58.2 Å². The Kier molecular flexibility index (Phi) is 8.15. The van der Waals surface area contributed by atoms with E-state index in [1.54, 1.807) is 18.3 Å². The molecule has 2 heterocycles. The fourth-order valence-corrected chi connectivity index (χ4v) is 5.36. The molecule has 0 spiro atoms. The summed E-state index contributed by atoms with van der Waals surface area (Å²) in [4.78, 5) is 44.3. The summed E-state index contributed by atoms with van der Waals surface area (Å²) in [5.41, 5.74) is -1.56. The molecule has 5 rings (SSSR count). The highest BCUT2D eigenvalue weighted by Gasteiger charge is 2.39. The van der Waals surface area contributed by atoms with Gasteiger partial charge in [-0.2, -0.15) is 26.3 Å². The van der Waals surface area contributed by atoms with E-state index in [1.165, 1.54) is 28.9 Å². The number of hydrogen-bond donors (Lipinski definition) is 2. The molecule has 0 radical (unpaired) electrons. The summed E-state index contributed by atoms with van der Waals surface area (Å²) < 4.78 is 81.3. The first kappa shape index (κ1) is 30.6. The lowest BCUT2D eigenvalue weighted by Crippen LogP contribution is -2.57. The standard InChI is InChI=1S/C31H26F6N4O3/c1-18(42)39-24-8-6-19(7-9-24)28(43)40-10-11-41(25(17-40)14-21-16-38-27-5-3-2-4-26(21)27)29(44)20-12-22(30(32,33)34)15-23(13-20)31(35,36)37/h2-9,12-13,15-16,25,38H,10-11,14,17H2,1H3,(H,39,42)/t25-/m1/s1. The number of hydrogen-bond acceptors (Lipinski definition) is 3. The number of amides is 3. The second-order valence-electron chi connectivity index (χ2n) is 10.5. The molecule has 0 aliphatic carbocycles. The van der Waals surface area contributed by atoms with Crippen molar-refractivity contribution in [2.75, 3.05) is 25.0 Å². The van der Waals surface area contributed by atoms with Crippen LogP contribution in [-0.2, 0) is 23.6 Å². The maximum Gasteiger partial charge on any atom is 0.416 e. The summed E-state index contributed by atoms with van der Waals surface area (Å²) in [6, 6.07) is 13.5. The molecule has 1 aromatic heterocycles. The van der Waals surface area contributed by atoms with Crippen molar-refractivity contribution in [2.24, 2.45) is 0 Å². The molecule has 2 N–H and O–H groups in total. The van der Waals surface area contributed by atoms with E-state index in [-0.39, 0.29) is 43.9 Å². The average molecular weight is 617 g/mol. The maximum atomic E-state index is 13.7. The van der Waals surface area contributed by atoms with Crippen LogP contribution < -0.4 is 5.32 Å². The van der Waals surface area contributed by atoms with Gasteiger partial charge in [0.2, 0.25) is 5.91 Å². The predicted octanol–water partition coefficient (Wildman–Crippen LogP) is 6.37. The zero-order valence-corrected chi connectivity index (χ0v) is 23.2. The first-order valence-electron chi connectivity index (χ1n) is 13.5. The van der Waals surface area contributed by atoms with E-state index in [4.69, 9.17) is 0 Å². The van der Waals surface area contributed by atoms with E-state index < -0.39 is 41.0 Å². The van der Waals surface area contributed by atoms with Crippen LogP contribution in [0.25, 0.3) is 10.9 Å². The van der Waals surface area contributed by atoms with Crippen LogP contribution in [0, 0.1) is 0 Å². The number of H-pyrrole nitrogens is 1. The molecule has 1 fully saturated rings. The summed E-state index contributed by atoms with van der Waals surface area (Å²) in [7, 11) is 0. The number of nitrogens with one attached hydrogen (secondary N) is 2. The van der Waals surface area contributed by atoms with Gasteiger partial charge >= 0.3 is 12.4 Å². The monoisotopic (exact) mass is 616 g/mol. The number of anilines is 1. The average Bonchev–Trinajstić information content (AvgIpc) is 3.38. The van der Waals surface area contributed by atoms with Crippen LogP contribution in [0.4, 0.5) is 32.0 Å². The van der Waals surface area contributed by atoms with Gasteiger partial charge in [-0.1, -0.05) is 18.2 Å². The Morgan fingerprint density at radius 1 is 0.841 bits per heavy atom.